The molecule has 4 heteroatoms. The zero-order chi connectivity index (χ0) is 10.8. The molecule has 1 aromatic carbocycles. The zero-order valence-electron chi connectivity index (χ0n) is 8.47. The normalized spacial score (nSPS) is 19.3. The van der Waals surface area contributed by atoms with Gasteiger partial charge in [-0.3, -0.25) is 0 Å². The predicted octanol–water partition coefficient (Wildman–Crippen LogP) is 2.49. The first-order valence-corrected chi connectivity index (χ1v) is 4.95. The van der Waals surface area contributed by atoms with Crippen molar-refractivity contribution in [3.05, 3.63) is 29.3 Å². The lowest BCUT2D eigenvalue weighted by molar-refractivity contribution is -0.0498. The Kier molecular flexibility index (Phi) is 2.86. The Bertz CT molecular complexity index is 354. The van der Waals surface area contributed by atoms with Crippen LogP contribution in [-0.2, 0) is 6.42 Å². The van der Waals surface area contributed by atoms with Gasteiger partial charge >= 0.3 is 6.61 Å². The van der Waals surface area contributed by atoms with Crippen molar-refractivity contribution in [1.29, 1.82) is 0 Å². The van der Waals surface area contributed by atoms with Gasteiger partial charge in [0.05, 0.1) is 0 Å². The number of benzene rings is 1. The number of ether oxygens (including phenoxy) is 1. The summed E-state index contributed by atoms with van der Waals surface area (Å²) in [5, 5.41) is 3.19. The van der Waals surface area contributed by atoms with Gasteiger partial charge in [0.15, 0.2) is 0 Å². The van der Waals surface area contributed by atoms with Crippen LogP contribution in [0.3, 0.4) is 0 Å². The van der Waals surface area contributed by atoms with Crippen molar-refractivity contribution >= 4 is 0 Å². The molecule has 1 atom stereocenters. The first kappa shape index (κ1) is 10.4. The lowest BCUT2D eigenvalue weighted by Crippen LogP contribution is -2.12. The first-order valence-electron chi connectivity index (χ1n) is 4.95. The molecule has 0 fully saturated rings. The Morgan fingerprint density at radius 1 is 1.47 bits per heavy atom. The average Bonchev–Trinajstić information content (AvgIpc) is 2.58. The monoisotopic (exact) mass is 213 g/mol. The summed E-state index contributed by atoms with van der Waals surface area (Å²) in [6.07, 6.45) is 1.94. The summed E-state index contributed by atoms with van der Waals surface area (Å²) in [4.78, 5) is 0. The molecule has 0 radical (unpaired) electrons. The second kappa shape index (κ2) is 4.14. The number of rotatable bonds is 3. The highest BCUT2D eigenvalue weighted by atomic mass is 19.3. The summed E-state index contributed by atoms with van der Waals surface area (Å²) in [7, 11) is 1.91. The second-order valence-electron chi connectivity index (χ2n) is 3.62. The Labute approximate surface area is 87.2 Å². The van der Waals surface area contributed by atoms with E-state index >= 15 is 0 Å². The molecule has 1 aromatic rings. The van der Waals surface area contributed by atoms with E-state index in [9.17, 15) is 8.78 Å². The van der Waals surface area contributed by atoms with Crippen molar-refractivity contribution in [1.82, 2.24) is 5.32 Å². The third-order valence-corrected chi connectivity index (χ3v) is 2.77. The van der Waals surface area contributed by atoms with Gasteiger partial charge in [0.25, 0.3) is 0 Å². The molecular formula is C11H13F2NO. The zero-order valence-corrected chi connectivity index (χ0v) is 8.47. The molecule has 1 unspecified atom stereocenters. The molecule has 0 saturated heterocycles. The topological polar surface area (TPSA) is 21.3 Å². The SMILES string of the molecule is CNC1CCc2cc(OC(F)F)ccc21. The number of hydrogen-bond acceptors (Lipinski definition) is 2. The molecule has 82 valence electrons. The van der Waals surface area contributed by atoms with Crippen molar-refractivity contribution in [3.63, 3.8) is 0 Å². The molecular weight excluding hydrogens is 200 g/mol. The van der Waals surface area contributed by atoms with E-state index in [-0.39, 0.29) is 5.75 Å². The molecule has 1 aliphatic carbocycles. The van der Waals surface area contributed by atoms with Crippen molar-refractivity contribution in [2.75, 3.05) is 7.05 Å². The minimum absolute atomic E-state index is 0.250. The Balaban J connectivity index is 2.21. The molecule has 0 aliphatic heterocycles. The summed E-state index contributed by atoms with van der Waals surface area (Å²) >= 11 is 0. The molecule has 2 rings (SSSR count). The third kappa shape index (κ3) is 2.09. The number of aryl methyl sites for hydroxylation is 1. The van der Waals surface area contributed by atoms with Crippen molar-refractivity contribution in [3.8, 4) is 5.75 Å². The molecule has 0 saturated carbocycles. The number of nitrogens with one attached hydrogen (secondary N) is 1. The maximum absolute atomic E-state index is 12.0. The largest absolute Gasteiger partial charge is 0.435 e. The van der Waals surface area contributed by atoms with Crippen molar-refractivity contribution in [2.24, 2.45) is 0 Å². The maximum atomic E-state index is 12.0. The van der Waals surface area contributed by atoms with Gasteiger partial charge in [0, 0.05) is 6.04 Å². The maximum Gasteiger partial charge on any atom is 0.387 e. The van der Waals surface area contributed by atoms with Crippen molar-refractivity contribution < 1.29 is 13.5 Å². The van der Waals surface area contributed by atoms with E-state index in [1.165, 1.54) is 5.56 Å². The average molecular weight is 213 g/mol. The van der Waals surface area contributed by atoms with E-state index in [4.69, 9.17) is 0 Å². The van der Waals surface area contributed by atoms with Gasteiger partial charge in [-0.1, -0.05) is 6.07 Å². The minimum atomic E-state index is -2.75. The molecule has 2 nitrogen and oxygen atoms in total. The van der Waals surface area contributed by atoms with E-state index in [2.05, 4.69) is 10.1 Å². The van der Waals surface area contributed by atoms with Crippen LogP contribution in [0.5, 0.6) is 5.75 Å². The van der Waals surface area contributed by atoms with Crippen LogP contribution in [0.4, 0.5) is 8.78 Å². The Hall–Kier alpha value is -1.16. The van der Waals surface area contributed by atoms with Gasteiger partial charge in [-0.15, -0.1) is 0 Å². The quantitative estimate of drug-likeness (QED) is 0.832. The van der Waals surface area contributed by atoms with Gasteiger partial charge in [-0.25, -0.2) is 0 Å². The van der Waals surface area contributed by atoms with Crippen LogP contribution >= 0.6 is 0 Å². The third-order valence-electron chi connectivity index (χ3n) is 2.77. The minimum Gasteiger partial charge on any atom is -0.435 e. The molecule has 1 aliphatic rings. The van der Waals surface area contributed by atoms with Gasteiger partial charge in [-0.2, -0.15) is 8.78 Å². The van der Waals surface area contributed by atoms with Crippen LogP contribution in [0.25, 0.3) is 0 Å². The Morgan fingerprint density at radius 2 is 2.27 bits per heavy atom. The van der Waals surface area contributed by atoms with Crippen LogP contribution in [0.1, 0.15) is 23.6 Å². The van der Waals surface area contributed by atoms with E-state index in [1.807, 2.05) is 13.1 Å². The molecule has 15 heavy (non-hydrogen) atoms. The van der Waals surface area contributed by atoms with Crippen molar-refractivity contribution in [2.45, 2.75) is 25.5 Å². The Morgan fingerprint density at radius 3 is 2.93 bits per heavy atom. The highest BCUT2D eigenvalue weighted by Crippen LogP contribution is 2.33. The first-order chi connectivity index (χ1) is 7.20. The number of fused-ring (bicyclic) bond motifs is 1. The summed E-state index contributed by atoms with van der Waals surface area (Å²) < 4.78 is 28.3. The van der Waals surface area contributed by atoms with Crippen LogP contribution in [0, 0.1) is 0 Å². The number of alkyl halides is 2. The predicted molar refractivity (Wildman–Crippen MR) is 53.2 cm³/mol. The fourth-order valence-electron chi connectivity index (χ4n) is 2.07. The van der Waals surface area contributed by atoms with Crippen LogP contribution in [0.2, 0.25) is 0 Å². The summed E-state index contributed by atoms with van der Waals surface area (Å²) in [5.41, 5.74) is 2.30. The van der Waals surface area contributed by atoms with Crippen LogP contribution < -0.4 is 10.1 Å². The number of halogens is 2. The van der Waals surface area contributed by atoms with Gasteiger partial charge in [-0.05, 0) is 43.1 Å². The van der Waals surface area contributed by atoms with Gasteiger partial charge < -0.3 is 10.1 Å². The highest BCUT2D eigenvalue weighted by Gasteiger charge is 2.21. The summed E-state index contributed by atoms with van der Waals surface area (Å²) in [6, 6.07) is 5.52. The lowest BCUT2D eigenvalue weighted by Gasteiger charge is -2.10. The van der Waals surface area contributed by atoms with E-state index in [0.29, 0.717) is 6.04 Å². The smallest absolute Gasteiger partial charge is 0.387 e. The highest BCUT2D eigenvalue weighted by molar-refractivity contribution is 5.40. The van der Waals surface area contributed by atoms with Crippen LogP contribution in [-0.4, -0.2) is 13.7 Å². The standard InChI is InChI=1S/C11H13F2NO/c1-14-10-5-2-7-6-8(15-11(12)13)3-4-9(7)10/h3-4,6,10-11,14H,2,5H2,1H3. The number of hydrogen-bond donors (Lipinski definition) is 1. The molecule has 1 N–H and O–H groups in total. The van der Waals surface area contributed by atoms with Crippen LogP contribution in [0.15, 0.2) is 18.2 Å². The molecule has 0 bridgehead atoms. The molecule has 0 spiro atoms. The lowest BCUT2D eigenvalue weighted by atomic mass is 10.1. The fourth-order valence-corrected chi connectivity index (χ4v) is 2.07. The molecule has 0 aromatic heterocycles. The fraction of sp³-hybridized carbons (Fsp3) is 0.455. The molecule has 0 amide bonds. The van der Waals surface area contributed by atoms with E-state index in [0.717, 1.165) is 18.4 Å². The van der Waals surface area contributed by atoms with Gasteiger partial charge in [0.1, 0.15) is 5.75 Å². The van der Waals surface area contributed by atoms with E-state index < -0.39 is 6.61 Å². The van der Waals surface area contributed by atoms with E-state index in [1.54, 1.807) is 12.1 Å². The summed E-state index contributed by atoms with van der Waals surface area (Å²) in [6.45, 7) is -2.75. The van der Waals surface area contributed by atoms with Gasteiger partial charge in [0.2, 0.25) is 0 Å². The second-order valence-corrected chi connectivity index (χ2v) is 3.62. The molecule has 0 heterocycles. The summed E-state index contributed by atoms with van der Waals surface area (Å²) in [5.74, 6) is 0.250.